The summed E-state index contributed by atoms with van der Waals surface area (Å²) in [6.07, 6.45) is 0. The molecule has 0 bridgehead atoms. The molecule has 0 saturated carbocycles. The lowest BCUT2D eigenvalue weighted by Crippen LogP contribution is -2.16. The summed E-state index contributed by atoms with van der Waals surface area (Å²) in [5.74, 6) is 0. The summed E-state index contributed by atoms with van der Waals surface area (Å²) in [6.45, 7) is 4.55. The zero-order valence-corrected chi connectivity index (χ0v) is 30.0. The highest BCUT2D eigenvalue weighted by atomic mass is 16.3. The van der Waals surface area contributed by atoms with E-state index in [0.29, 0.717) is 0 Å². The van der Waals surface area contributed by atoms with Crippen molar-refractivity contribution in [3.05, 3.63) is 217 Å². The second kappa shape index (κ2) is 12.4. The summed E-state index contributed by atoms with van der Waals surface area (Å²) in [4.78, 5) is 5.47. The number of hydrogen-bond donors (Lipinski definition) is 0. The van der Waals surface area contributed by atoms with Gasteiger partial charge in [-0.3, -0.25) is 4.99 Å². The Morgan fingerprint density at radius 1 is 0.473 bits per heavy atom. The number of para-hydroxylation sites is 1. The van der Waals surface area contributed by atoms with Gasteiger partial charge in [-0.15, -0.1) is 0 Å². The minimum Gasteiger partial charge on any atom is -0.454 e. The van der Waals surface area contributed by atoms with E-state index in [2.05, 4.69) is 193 Å². The van der Waals surface area contributed by atoms with E-state index >= 15 is 0 Å². The monoisotopic (exact) mass is 702 g/mol. The summed E-state index contributed by atoms with van der Waals surface area (Å²) < 4.78 is 9.33. The first-order valence-electron chi connectivity index (χ1n) is 18.8. The third-order valence-electron chi connectivity index (χ3n) is 11.2. The molecular weight excluding hydrogens is 669 g/mol. The molecule has 1 atom stereocenters. The third kappa shape index (κ3) is 4.94. The van der Waals surface area contributed by atoms with Gasteiger partial charge in [-0.1, -0.05) is 158 Å². The normalized spacial score (nSPS) is 14.1. The van der Waals surface area contributed by atoms with Crippen molar-refractivity contribution in [1.29, 1.82) is 0 Å². The quantitative estimate of drug-likeness (QED) is 0.176. The standard InChI is InChI=1S/C52H34N2O/c1-33-39-21-11-12-22-40(39)51(53-50(33)36-19-9-4-10-20-36)41-23-14-26-48-49(41)42-24-13-25-47(52(42)55-48)54-45-29-27-37(34-15-5-2-6-16-34)31-43(45)44-32-38(28-30-46(44)54)35-17-7-3-8-18-35/h2-32,50H,1H2/t50-/m0/s1. The van der Waals surface area contributed by atoms with E-state index < -0.39 is 0 Å². The summed E-state index contributed by atoms with van der Waals surface area (Å²) in [7, 11) is 0. The van der Waals surface area contributed by atoms with E-state index in [1.54, 1.807) is 0 Å². The van der Waals surface area contributed by atoms with Gasteiger partial charge in [-0.25, -0.2) is 0 Å². The maximum atomic E-state index is 6.95. The lowest BCUT2D eigenvalue weighted by atomic mass is 9.84. The van der Waals surface area contributed by atoms with Crippen molar-refractivity contribution in [2.75, 3.05) is 0 Å². The number of aromatic nitrogens is 1. The predicted octanol–water partition coefficient (Wildman–Crippen LogP) is 13.6. The number of aliphatic imine (C=N–C) groups is 1. The molecule has 0 radical (unpaired) electrons. The van der Waals surface area contributed by atoms with Crippen LogP contribution >= 0.6 is 0 Å². The molecule has 0 fully saturated rings. The molecule has 10 aromatic rings. The van der Waals surface area contributed by atoms with Crippen LogP contribution in [-0.4, -0.2) is 10.3 Å². The Labute approximate surface area is 318 Å². The molecule has 0 aliphatic carbocycles. The van der Waals surface area contributed by atoms with E-state index in [0.717, 1.165) is 72.2 Å². The van der Waals surface area contributed by atoms with Crippen LogP contribution in [0.15, 0.2) is 204 Å². The zero-order valence-electron chi connectivity index (χ0n) is 30.0. The molecule has 0 spiro atoms. The van der Waals surface area contributed by atoms with E-state index in [1.165, 1.54) is 33.0 Å². The smallest absolute Gasteiger partial charge is 0.159 e. The SMILES string of the molecule is C=C1c2ccccc2C(c2cccc3oc4c(-n5c6ccc(-c7ccccc7)cc6c6cc(-c7ccccc7)ccc65)cccc4c23)=N[C@@H]1c1ccccc1. The molecular formula is C52H34N2O. The summed E-state index contributed by atoms with van der Waals surface area (Å²) >= 11 is 0. The van der Waals surface area contributed by atoms with Crippen LogP contribution in [0.3, 0.4) is 0 Å². The summed E-state index contributed by atoms with van der Waals surface area (Å²) in [6, 6.07) is 66.6. The van der Waals surface area contributed by atoms with Crippen LogP contribution in [0.25, 0.3) is 77.3 Å². The molecule has 0 unspecified atom stereocenters. The lowest BCUT2D eigenvalue weighted by molar-refractivity contribution is 0.666. The average molecular weight is 703 g/mol. The lowest BCUT2D eigenvalue weighted by Gasteiger charge is -2.26. The maximum absolute atomic E-state index is 6.95. The van der Waals surface area contributed by atoms with Crippen LogP contribution in [0, 0.1) is 0 Å². The van der Waals surface area contributed by atoms with Crippen molar-refractivity contribution in [2.45, 2.75) is 6.04 Å². The molecule has 8 aromatic carbocycles. The maximum Gasteiger partial charge on any atom is 0.159 e. The number of benzene rings is 8. The van der Waals surface area contributed by atoms with Gasteiger partial charge < -0.3 is 8.98 Å². The molecule has 258 valence electrons. The number of rotatable bonds is 5. The van der Waals surface area contributed by atoms with Crippen molar-refractivity contribution in [3.63, 3.8) is 0 Å². The van der Waals surface area contributed by atoms with Gasteiger partial charge in [-0.05, 0) is 75.4 Å². The fourth-order valence-electron chi connectivity index (χ4n) is 8.63. The van der Waals surface area contributed by atoms with Gasteiger partial charge >= 0.3 is 0 Å². The number of nitrogens with zero attached hydrogens (tertiary/aromatic N) is 2. The molecule has 1 aliphatic heterocycles. The molecule has 0 saturated heterocycles. The molecule has 11 rings (SSSR count). The highest BCUT2D eigenvalue weighted by Gasteiger charge is 2.28. The molecule has 55 heavy (non-hydrogen) atoms. The topological polar surface area (TPSA) is 30.4 Å². The van der Waals surface area contributed by atoms with Crippen molar-refractivity contribution >= 4 is 55.0 Å². The van der Waals surface area contributed by atoms with E-state index in [4.69, 9.17) is 9.41 Å². The van der Waals surface area contributed by atoms with Gasteiger partial charge in [0.15, 0.2) is 5.58 Å². The molecule has 3 nitrogen and oxygen atoms in total. The van der Waals surface area contributed by atoms with Crippen LogP contribution in [0.2, 0.25) is 0 Å². The van der Waals surface area contributed by atoms with Crippen molar-refractivity contribution < 1.29 is 4.42 Å². The Kier molecular flexibility index (Phi) is 7.08. The highest BCUT2D eigenvalue weighted by molar-refractivity contribution is 6.26. The Bertz CT molecular complexity index is 3050. The van der Waals surface area contributed by atoms with Crippen molar-refractivity contribution in [2.24, 2.45) is 4.99 Å². The fourth-order valence-corrected chi connectivity index (χ4v) is 8.63. The number of furan rings is 1. The first-order chi connectivity index (χ1) is 27.2. The van der Waals surface area contributed by atoms with Crippen LogP contribution in [0.5, 0.6) is 0 Å². The molecule has 2 aromatic heterocycles. The zero-order chi connectivity index (χ0) is 36.5. The number of fused-ring (bicyclic) bond motifs is 7. The van der Waals surface area contributed by atoms with Crippen molar-refractivity contribution in [1.82, 2.24) is 4.57 Å². The minimum absolute atomic E-state index is 0.186. The largest absolute Gasteiger partial charge is 0.454 e. The second-order valence-corrected chi connectivity index (χ2v) is 14.3. The molecule has 3 heterocycles. The van der Waals surface area contributed by atoms with Crippen LogP contribution in [-0.2, 0) is 0 Å². The average Bonchev–Trinajstić information content (AvgIpc) is 3.80. The van der Waals surface area contributed by atoms with Crippen molar-refractivity contribution in [3.8, 4) is 27.9 Å². The Morgan fingerprint density at radius 2 is 1.04 bits per heavy atom. The first kappa shape index (κ1) is 31.3. The Morgan fingerprint density at radius 3 is 1.69 bits per heavy atom. The van der Waals surface area contributed by atoms with Crippen LogP contribution < -0.4 is 0 Å². The third-order valence-corrected chi connectivity index (χ3v) is 11.2. The van der Waals surface area contributed by atoms with Gasteiger partial charge in [-0.2, -0.15) is 0 Å². The molecule has 3 heteroatoms. The van der Waals surface area contributed by atoms with Gasteiger partial charge in [0.25, 0.3) is 0 Å². The van der Waals surface area contributed by atoms with E-state index in [1.807, 2.05) is 6.07 Å². The molecule has 0 amide bonds. The molecule has 0 N–H and O–H groups in total. The number of hydrogen-bond acceptors (Lipinski definition) is 2. The summed E-state index contributed by atoms with van der Waals surface area (Å²) in [5.41, 5.74) is 16.1. The Hall–Kier alpha value is -7.23. The molecule has 1 aliphatic rings. The van der Waals surface area contributed by atoms with E-state index in [-0.39, 0.29) is 6.04 Å². The Balaban J connectivity index is 1.16. The van der Waals surface area contributed by atoms with Gasteiger partial charge in [0.2, 0.25) is 0 Å². The van der Waals surface area contributed by atoms with Crippen LogP contribution in [0.4, 0.5) is 0 Å². The van der Waals surface area contributed by atoms with Crippen LogP contribution in [0.1, 0.15) is 28.3 Å². The van der Waals surface area contributed by atoms with Gasteiger partial charge in [0, 0.05) is 32.7 Å². The van der Waals surface area contributed by atoms with Gasteiger partial charge in [0.05, 0.1) is 22.4 Å². The minimum atomic E-state index is -0.186. The fraction of sp³-hybridized carbons (Fsp3) is 0.0192. The summed E-state index contributed by atoms with van der Waals surface area (Å²) in [5, 5.41) is 4.51. The van der Waals surface area contributed by atoms with E-state index in [9.17, 15) is 0 Å². The predicted molar refractivity (Wildman–Crippen MR) is 229 cm³/mol. The first-order valence-corrected chi connectivity index (χ1v) is 18.8. The highest BCUT2D eigenvalue weighted by Crippen LogP contribution is 2.44. The van der Waals surface area contributed by atoms with Gasteiger partial charge in [0.1, 0.15) is 11.6 Å². The second-order valence-electron chi connectivity index (χ2n) is 14.3.